The monoisotopic (exact) mass is 182 g/mol. The highest BCUT2D eigenvalue weighted by Gasteiger charge is 2.12. The molecule has 0 saturated carbocycles. The van der Waals surface area contributed by atoms with Crippen molar-refractivity contribution in [1.29, 1.82) is 0 Å². The van der Waals surface area contributed by atoms with E-state index in [2.05, 4.69) is 24.2 Å². The van der Waals surface area contributed by atoms with Crippen LogP contribution in [0.1, 0.15) is 26.0 Å². The van der Waals surface area contributed by atoms with Gasteiger partial charge < -0.3 is 5.73 Å². The lowest BCUT2D eigenvalue weighted by atomic mass is 9.96. The van der Waals surface area contributed by atoms with Crippen molar-refractivity contribution in [3.8, 4) is 0 Å². The van der Waals surface area contributed by atoms with Crippen LogP contribution in [0.3, 0.4) is 0 Å². The molecule has 0 aliphatic rings. The first-order valence-electron chi connectivity index (χ1n) is 4.74. The molecule has 0 bridgehead atoms. The molecule has 2 atom stereocenters. The SMILES string of the molecule is CCC(N)C(C)Cc1cn(C)nn1. The average molecular weight is 182 g/mol. The van der Waals surface area contributed by atoms with Crippen molar-refractivity contribution in [1.82, 2.24) is 15.0 Å². The van der Waals surface area contributed by atoms with Crippen molar-refractivity contribution in [2.24, 2.45) is 18.7 Å². The highest BCUT2D eigenvalue weighted by atomic mass is 15.4. The number of rotatable bonds is 4. The molecule has 4 nitrogen and oxygen atoms in total. The first-order chi connectivity index (χ1) is 6.13. The molecular weight excluding hydrogens is 164 g/mol. The number of nitrogens with two attached hydrogens (primary N) is 1. The van der Waals surface area contributed by atoms with Crippen LogP contribution in [-0.2, 0) is 13.5 Å². The van der Waals surface area contributed by atoms with Crippen LogP contribution in [0.5, 0.6) is 0 Å². The van der Waals surface area contributed by atoms with Crippen LogP contribution in [0, 0.1) is 5.92 Å². The molecule has 74 valence electrons. The van der Waals surface area contributed by atoms with Crippen molar-refractivity contribution < 1.29 is 0 Å². The van der Waals surface area contributed by atoms with Gasteiger partial charge in [0.1, 0.15) is 0 Å². The molecule has 0 amide bonds. The fraction of sp³-hybridized carbons (Fsp3) is 0.778. The third-order valence-electron chi connectivity index (χ3n) is 2.38. The number of nitrogens with zero attached hydrogens (tertiary/aromatic N) is 3. The summed E-state index contributed by atoms with van der Waals surface area (Å²) in [7, 11) is 1.88. The second kappa shape index (κ2) is 4.37. The zero-order valence-corrected chi connectivity index (χ0v) is 8.57. The molecule has 0 radical (unpaired) electrons. The summed E-state index contributed by atoms with van der Waals surface area (Å²) < 4.78 is 1.72. The molecule has 0 spiro atoms. The summed E-state index contributed by atoms with van der Waals surface area (Å²) in [6.07, 6.45) is 3.88. The minimum atomic E-state index is 0.266. The Morgan fingerprint density at radius 3 is 2.77 bits per heavy atom. The van der Waals surface area contributed by atoms with Crippen molar-refractivity contribution in [3.05, 3.63) is 11.9 Å². The van der Waals surface area contributed by atoms with Gasteiger partial charge in [-0.15, -0.1) is 5.10 Å². The molecule has 0 aromatic carbocycles. The predicted molar refractivity (Wildman–Crippen MR) is 52.1 cm³/mol. The fourth-order valence-electron chi connectivity index (χ4n) is 1.37. The Labute approximate surface area is 79.1 Å². The third kappa shape index (κ3) is 2.81. The Kier molecular flexibility index (Phi) is 3.42. The number of aromatic nitrogens is 3. The second-order valence-corrected chi connectivity index (χ2v) is 3.64. The van der Waals surface area contributed by atoms with Gasteiger partial charge >= 0.3 is 0 Å². The van der Waals surface area contributed by atoms with Crippen LogP contribution >= 0.6 is 0 Å². The number of aryl methyl sites for hydroxylation is 1. The summed E-state index contributed by atoms with van der Waals surface area (Å²) in [5.41, 5.74) is 6.94. The van der Waals surface area contributed by atoms with Gasteiger partial charge in [0.05, 0.1) is 5.69 Å². The Hall–Kier alpha value is -0.900. The van der Waals surface area contributed by atoms with Crippen LogP contribution in [0.15, 0.2) is 6.20 Å². The minimum Gasteiger partial charge on any atom is -0.327 e. The largest absolute Gasteiger partial charge is 0.327 e. The molecule has 0 fully saturated rings. The fourth-order valence-corrected chi connectivity index (χ4v) is 1.37. The van der Waals surface area contributed by atoms with Gasteiger partial charge in [0.25, 0.3) is 0 Å². The summed E-state index contributed by atoms with van der Waals surface area (Å²) in [6, 6.07) is 0.266. The Morgan fingerprint density at radius 1 is 1.62 bits per heavy atom. The summed E-state index contributed by atoms with van der Waals surface area (Å²) in [4.78, 5) is 0. The van der Waals surface area contributed by atoms with E-state index in [0.717, 1.165) is 18.5 Å². The quantitative estimate of drug-likeness (QED) is 0.747. The van der Waals surface area contributed by atoms with E-state index in [9.17, 15) is 0 Å². The second-order valence-electron chi connectivity index (χ2n) is 3.64. The van der Waals surface area contributed by atoms with E-state index in [-0.39, 0.29) is 6.04 Å². The molecule has 2 unspecified atom stereocenters. The Bertz CT molecular complexity index is 256. The lowest BCUT2D eigenvalue weighted by Gasteiger charge is -2.16. The topological polar surface area (TPSA) is 56.7 Å². The third-order valence-corrected chi connectivity index (χ3v) is 2.38. The van der Waals surface area contributed by atoms with Crippen molar-refractivity contribution in [2.45, 2.75) is 32.7 Å². The molecular formula is C9H18N4. The van der Waals surface area contributed by atoms with Gasteiger partial charge in [-0.1, -0.05) is 19.1 Å². The van der Waals surface area contributed by atoms with E-state index >= 15 is 0 Å². The van der Waals surface area contributed by atoms with Crippen molar-refractivity contribution >= 4 is 0 Å². The normalized spacial score (nSPS) is 15.7. The lowest BCUT2D eigenvalue weighted by molar-refractivity contribution is 0.438. The van der Waals surface area contributed by atoms with E-state index in [1.807, 2.05) is 13.2 Å². The van der Waals surface area contributed by atoms with E-state index < -0.39 is 0 Å². The van der Waals surface area contributed by atoms with Gasteiger partial charge in [0, 0.05) is 19.3 Å². The molecule has 1 aromatic heterocycles. The maximum Gasteiger partial charge on any atom is 0.0830 e. The first-order valence-corrected chi connectivity index (χ1v) is 4.74. The first kappa shape index (κ1) is 10.2. The highest BCUT2D eigenvalue weighted by molar-refractivity contribution is 4.94. The van der Waals surface area contributed by atoms with Crippen LogP contribution in [0.2, 0.25) is 0 Å². The van der Waals surface area contributed by atoms with Crippen molar-refractivity contribution in [2.75, 3.05) is 0 Å². The summed E-state index contributed by atoms with van der Waals surface area (Å²) in [5, 5.41) is 7.91. The zero-order valence-electron chi connectivity index (χ0n) is 8.57. The van der Waals surface area contributed by atoms with Crippen LogP contribution in [0.4, 0.5) is 0 Å². The Balaban J connectivity index is 2.49. The van der Waals surface area contributed by atoms with Gasteiger partial charge in [-0.25, -0.2) is 0 Å². The van der Waals surface area contributed by atoms with E-state index in [1.54, 1.807) is 4.68 Å². The molecule has 0 aliphatic carbocycles. The zero-order chi connectivity index (χ0) is 9.84. The van der Waals surface area contributed by atoms with Crippen LogP contribution in [0.25, 0.3) is 0 Å². The van der Waals surface area contributed by atoms with Gasteiger partial charge in [-0.2, -0.15) is 0 Å². The summed E-state index contributed by atoms with van der Waals surface area (Å²) in [5.74, 6) is 0.474. The highest BCUT2D eigenvalue weighted by Crippen LogP contribution is 2.10. The molecule has 13 heavy (non-hydrogen) atoms. The average Bonchev–Trinajstić information content (AvgIpc) is 2.49. The lowest BCUT2D eigenvalue weighted by Crippen LogP contribution is -2.28. The molecule has 2 N–H and O–H groups in total. The predicted octanol–water partition coefficient (Wildman–Crippen LogP) is 0.731. The van der Waals surface area contributed by atoms with Gasteiger partial charge in [0.2, 0.25) is 0 Å². The molecule has 0 saturated heterocycles. The van der Waals surface area contributed by atoms with Crippen LogP contribution < -0.4 is 5.73 Å². The molecule has 4 heteroatoms. The molecule has 0 aliphatic heterocycles. The Morgan fingerprint density at radius 2 is 2.31 bits per heavy atom. The van der Waals surface area contributed by atoms with Gasteiger partial charge in [-0.05, 0) is 18.8 Å². The van der Waals surface area contributed by atoms with E-state index in [4.69, 9.17) is 5.73 Å². The molecule has 1 rings (SSSR count). The van der Waals surface area contributed by atoms with Gasteiger partial charge in [-0.3, -0.25) is 4.68 Å². The van der Waals surface area contributed by atoms with Crippen LogP contribution in [-0.4, -0.2) is 21.0 Å². The number of hydrogen-bond acceptors (Lipinski definition) is 3. The minimum absolute atomic E-state index is 0.266. The smallest absolute Gasteiger partial charge is 0.0830 e. The number of hydrogen-bond donors (Lipinski definition) is 1. The summed E-state index contributed by atoms with van der Waals surface area (Å²) in [6.45, 7) is 4.26. The molecule has 1 aromatic rings. The van der Waals surface area contributed by atoms with E-state index in [0.29, 0.717) is 5.92 Å². The summed E-state index contributed by atoms with van der Waals surface area (Å²) >= 11 is 0. The molecule has 1 heterocycles. The van der Waals surface area contributed by atoms with Crippen molar-refractivity contribution in [3.63, 3.8) is 0 Å². The standard InChI is InChI=1S/C9H18N4/c1-4-9(10)7(2)5-8-6-13(3)12-11-8/h6-7,9H,4-5,10H2,1-3H3. The maximum absolute atomic E-state index is 5.92. The van der Waals surface area contributed by atoms with Gasteiger partial charge in [0.15, 0.2) is 0 Å². The maximum atomic E-state index is 5.92. The van der Waals surface area contributed by atoms with E-state index in [1.165, 1.54) is 0 Å².